The Bertz CT molecular complexity index is 862. The summed E-state index contributed by atoms with van der Waals surface area (Å²) in [5, 5.41) is 6.83. The molecule has 0 spiro atoms. The minimum atomic E-state index is -0.155. The Hall–Kier alpha value is -2.73. The highest BCUT2D eigenvalue weighted by Gasteiger charge is 2.29. The van der Waals surface area contributed by atoms with Gasteiger partial charge in [-0.25, -0.2) is 0 Å². The number of nitrogens with one attached hydrogen (secondary N) is 2. The van der Waals surface area contributed by atoms with Crippen molar-refractivity contribution in [1.82, 2.24) is 5.32 Å². The molecule has 2 aliphatic heterocycles. The number of ketones is 1. The number of ether oxygens (including phenoxy) is 2. The van der Waals surface area contributed by atoms with Gasteiger partial charge in [-0.3, -0.25) is 4.79 Å². The van der Waals surface area contributed by atoms with Gasteiger partial charge in [-0.15, -0.1) is 0 Å². The van der Waals surface area contributed by atoms with Crippen molar-refractivity contribution in [3.8, 4) is 11.5 Å². The summed E-state index contributed by atoms with van der Waals surface area (Å²) in [6, 6.07) is 11.9. The molecule has 2 aromatic carbocycles. The number of benzene rings is 2. The van der Waals surface area contributed by atoms with E-state index in [0.29, 0.717) is 17.1 Å². The number of methoxy groups -OCH3 is 2. The fourth-order valence-electron chi connectivity index (χ4n) is 4.09. The van der Waals surface area contributed by atoms with Crippen molar-refractivity contribution in [1.29, 1.82) is 0 Å². The molecule has 28 heavy (non-hydrogen) atoms. The van der Waals surface area contributed by atoms with Crippen LogP contribution in [0.2, 0.25) is 0 Å². The van der Waals surface area contributed by atoms with E-state index in [-0.39, 0.29) is 11.7 Å². The second-order valence-corrected chi connectivity index (χ2v) is 7.21. The number of hydrogen-bond donors (Lipinski definition) is 2. The minimum Gasteiger partial charge on any atom is -0.493 e. The highest BCUT2D eigenvalue weighted by atomic mass is 16.5. The number of piperazine rings is 1. The highest BCUT2D eigenvalue weighted by molar-refractivity contribution is 6.02. The summed E-state index contributed by atoms with van der Waals surface area (Å²) >= 11 is 0. The number of carbonyl (C=O) groups is 1. The fraction of sp³-hybridized carbons (Fsp3) is 0.409. The molecular weight excluding hydrogens is 354 g/mol. The average molecular weight is 381 g/mol. The Morgan fingerprint density at radius 1 is 1.00 bits per heavy atom. The molecule has 148 valence electrons. The lowest BCUT2D eigenvalue weighted by molar-refractivity contribution is 0.0955. The van der Waals surface area contributed by atoms with Gasteiger partial charge >= 0.3 is 0 Å². The summed E-state index contributed by atoms with van der Waals surface area (Å²) in [5.41, 5.74) is 3.99. The van der Waals surface area contributed by atoms with Crippen molar-refractivity contribution < 1.29 is 14.3 Å². The van der Waals surface area contributed by atoms with E-state index in [4.69, 9.17) is 9.47 Å². The van der Waals surface area contributed by atoms with Crippen LogP contribution in [0.4, 0.5) is 11.4 Å². The first-order valence-corrected chi connectivity index (χ1v) is 9.81. The van der Waals surface area contributed by atoms with E-state index < -0.39 is 0 Å². The quantitative estimate of drug-likeness (QED) is 0.777. The fourth-order valence-corrected chi connectivity index (χ4v) is 4.09. The van der Waals surface area contributed by atoms with Gasteiger partial charge in [0.2, 0.25) is 0 Å². The molecule has 6 heteroatoms. The number of Topliss-reactive ketones (excluding diaryl/α,β-unsaturated/α-hetero) is 1. The van der Waals surface area contributed by atoms with Crippen LogP contribution in [0.5, 0.6) is 11.5 Å². The number of fused-ring (bicyclic) bond motifs is 1. The zero-order valence-electron chi connectivity index (χ0n) is 16.5. The molecule has 0 amide bonds. The van der Waals surface area contributed by atoms with Crippen LogP contribution < -0.4 is 25.0 Å². The summed E-state index contributed by atoms with van der Waals surface area (Å²) < 4.78 is 10.7. The normalized spacial score (nSPS) is 18.8. The average Bonchev–Trinajstić information content (AvgIpc) is 2.78. The van der Waals surface area contributed by atoms with Crippen LogP contribution in [0.1, 0.15) is 28.3 Å². The molecule has 0 aliphatic carbocycles. The summed E-state index contributed by atoms with van der Waals surface area (Å²) in [7, 11) is 3.19. The minimum absolute atomic E-state index is 0.126. The molecule has 4 rings (SSSR count). The zero-order valence-corrected chi connectivity index (χ0v) is 16.5. The largest absolute Gasteiger partial charge is 0.493 e. The Morgan fingerprint density at radius 2 is 1.79 bits per heavy atom. The van der Waals surface area contributed by atoms with Crippen LogP contribution in [0.3, 0.4) is 0 Å². The number of rotatable bonds is 5. The molecule has 0 saturated carbocycles. The first kappa shape index (κ1) is 18.6. The first-order chi connectivity index (χ1) is 13.7. The third-order valence-corrected chi connectivity index (χ3v) is 5.63. The molecule has 1 atom stereocenters. The third kappa shape index (κ3) is 3.52. The molecule has 1 saturated heterocycles. The van der Waals surface area contributed by atoms with Gasteiger partial charge in [-0.05, 0) is 48.4 Å². The van der Waals surface area contributed by atoms with Crippen LogP contribution in [0, 0.1) is 0 Å². The second kappa shape index (κ2) is 8.10. The molecule has 2 N–H and O–H groups in total. The van der Waals surface area contributed by atoms with Gasteiger partial charge in [-0.1, -0.05) is 0 Å². The van der Waals surface area contributed by atoms with Crippen molar-refractivity contribution in [3.63, 3.8) is 0 Å². The first-order valence-electron chi connectivity index (χ1n) is 9.81. The van der Waals surface area contributed by atoms with Crippen molar-refractivity contribution in [2.75, 3.05) is 57.2 Å². The number of anilines is 2. The molecule has 0 radical (unpaired) electrons. The topological polar surface area (TPSA) is 62.8 Å². The smallest absolute Gasteiger partial charge is 0.170 e. The molecule has 2 aromatic rings. The Balaban J connectivity index is 1.65. The van der Waals surface area contributed by atoms with Crippen LogP contribution >= 0.6 is 0 Å². The lowest BCUT2D eigenvalue weighted by atomic mass is 9.84. The Morgan fingerprint density at radius 3 is 2.54 bits per heavy atom. The lowest BCUT2D eigenvalue weighted by Crippen LogP contribution is -2.43. The van der Waals surface area contributed by atoms with Crippen LogP contribution in [0.15, 0.2) is 36.4 Å². The Labute approximate surface area is 165 Å². The number of hydrogen-bond acceptors (Lipinski definition) is 6. The summed E-state index contributed by atoms with van der Waals surface area (Å²) in [6.45, 7) is 4.75. The van der Waals surface area contributed by atoms with Crippen molar-refractivity contribution >= 4 is 17.2 Å². The summed E-state index contributed by atoms with van der Waals surface area (Å²) in [5.74, 6) is 1.18. The molecule has 1 unspecified atom stereocenters. The third-order valence-electron chi connectivity index (χ3n) is 5.63. The van der Waals surface area contributed by atoms with E-state index in [1.807, 2.05) is 6.07 Å². The highest BCUT2D eigenvalue weighted by Crippen LogP contribution is 2.38. The van der Waals surface area contributed by atoms with E-state index in [1.165, 1.54) is 5.69 Å². The van der Waals surface area contributed by atoms with Gasteiger partial charge in [0.1, 0.15) is 0 Å². The molecule has 6 nitrogen and oxygen atoms in total. The van der Waals surface area contributed by atoms with Crippen LogP contribution in [-0.2, 0) is 0 Å². The molecule has 2 aliphatic rings. The van der Waals surface area contributed by atoms with E-state index in [1.54, 1.807) is 26.4 Å². The predicted octanol–water partition coefficient (Wildman–Crippen LogP) is 2.90. The summed E-state index contributed by atoms with van der Waals surface area (Å²) in [4.78, 5) is 15.7. The molecule has 0 aromatic heterocycles. The van der Waals surface area contributed by atoms with Gasteiger partial charge in [0.15, 0.2) is 17.3 Å². The standard InChI is InChI=1S/C22H27N3O3/c1-27-20-6-3-15(13-21(20)28-2)22(26)17-7-8-24-19-5-4-16(14-18(17)19)25-11-9-23-10-12-25/h3-6,13-14,17,23-24H,7-12H2,1-2H3. The predicted molar refractivity (Wildman–Crippen MR) is 111 cm³/mol. The van der Waals surface area contributed by atoms with Crippen LogP contribution in [0.25, 0.3) is 0 Å². The molecular formula is C22H27N3O3. The van der Waals surface area contributed by atoms with Gasteiger partial charge in [0, 0.05) is 49.7 Å². The summed E-state index contributed by atoms with van der Waals surface area (Å²) in [6.07, 6.45) is 0.783. The zero-order chi connectivity index (χ0) is 19.5. The Kier molecular flexibility index (Phi) is 5.39. The van der Waals surface area contributed by atoms with Crippen molar-refractivity contribution in [2.24, 2.45) is 0 Å². The van der Waals surface area contributed by atoms with Crippen LogP contribution in [-0.4, -0.2) is 52.7 Å². The SMILES string of the molecule is COc1ccc(C(=O)C2CCNc3ccc(N4CCNCC4)cc32)cc1OC. The van der Waals surface area contributed by atoms with Crippen molar-refractivity contribution in [3.05, 3.63) is 47.5 Å². The van der Waals surface area contributed by atoms with E-state index in [9.17, 15) is 4.79 Å². The second-order valence-electron chi connectivity index (χ2n) is 7.21. The maximum absolute atomic E-state index is 13.4. The molecule has 2 heterocycles. The number of nitrogens with zero attached hydrogens (tertiary/aromatic N) is 1. The number of carbonyl (C=O) groups excluding carboxylic acids is 1. The lowest BCUT2D eigenvalue weighted by Gasteiger charge is -2.32. The van der Waals surface area contributed by atoms with Gasteiger partial charge in [0.05, 0.1) is 20.1 Å². The molecule has 1 fully saturated rings. The van der Waals surface area contributed by atoms with Gasteiger partial charge in [-0.2, -0.15) is 0 Å². The van der Waals surface area contributed by atoms with Gasteiger partial charge < -0.3 is 25.0 Å². The maximum Gasteiger partial charge on any atom is 0.170 e. The van der Waals surface area contributed by atoms with E-state index in [2.05, 4.69) is 33.7 Å². The van der Waals surface area contributed by atoms with Crippen molar-refractivity contribution in [2.45, 2.75) is 12.3 Å². The molecule has 0 bridgehead atoms. The van der Waals surface area contributed by atoms with E-state index in [0.717, 1.165) is 50.4 Å². The monoisotopic (exact) mass is 381 g/mol. The maximum atomic E-state index is 13.4. The van der Waals surface area contributed by atoms with Gasteiger partial charge in [0.25, 0.3) is 0 Å². The van der Waals surface area contributed by atoms with E-state index >= 15 is 0 Å².